The first kappa shape index (κ1) is 19.8. The number of amides is 1. The number of thioether (sulfide) groups is 1. The molecule has 0 spiro atoms. The molecular weight excluding hydrogens is 354 g/mol. The molecule has 144 valence electrons. The van der Waals surface area contributed by atoms with E-state index in [1.807, 2.05) is 12.1 Å². The van der Waals surface area contributed by atoms with Crippen molar-refractivity contribution in [2.75, 3.05) is 29.6 Å². The van der Waals surface area contributed by atoms with Crippen molar-refractivity contribution in [2.24, 2.45) is 0 Å². The third-order valence-corrected chi connectivity index (χ3v) is 5.65. The Balaban J connectivity index is 1.46. The zero-order valence-corrected chi connectivity index (χ0v) is 17.0. The summed E-state index contributed by atoms with van der Waals surface area (Å²) in [5.74, 6) is 0.0475. The van der Waals surface area contributed by atoms with Crippen LogP contribution in [0.15, 0.2) is 53.4 Å². The number of hydrogen-bond acceptors (Lipinski definition) is 4. The lowest BCUT2D eigenvalue weighted by atomic mass is 10.1. The second-order valence-electron chi connectivity index (χ2n) is 7.13. The summed E-state index contributed by atoms with van der Waals surface area (Å²) in [6.45, 7) is 5.04. The lowest BCUT2D eigenvalue weighted by Gasteiger charge is -2.19. The standard InChI is InChI=1S/C22H29N3OS/c1-17(23-16-18-8-10-21(27-2)11-9-18)14-22(26)24-19-6-5-7-20(15-19)25-12-3-4-13-25/h5-11,15,17,23H,3-4,12-14,16H2,1-2H3,(H,24,26). The summed E-state index contributed by atoms with van der Waals surface area (Å²) in [5, 5.41) is 6.47. The number of hydrogen-bond donors (Lipinski definition) is 2. The van der Waals surface area contributed by atoms with Crippen LogP contribution in [-0.4, -0.2) is 31.3 Å². The average molecular weight is 384 g/mol. The monoisotopic (exact) mass is 383 g/mol. The highest BCUT2D eigenvalue weighted by atomic mass is 32.2. The fourth-order valence-corrected chi connectivity index (χ4v) is 3.76. The minimum Gasteiger partial charge on any atom is -0.371 e. The molecule has 1 saturated heterocycles. The Morgan fingerprint density at radius 1 is 1.15 bits per heavy atom. The smallest absolute Gasteiger partial charge is 0.225 e. The molecule has 2 N–H and O–H groups in total. The van der Waals surface area contributed by atoms with Crippen LogP contribution in [0.1, 0.15) is 31.7 Å². The first-order chi connectivity index (χ1) is 13.1. The maximum Gasteiger partial charge on any atom is 0.225 e. The van der Waals surface area contributed by atoms with Crippen LogP contribution in [0.2, 0.25) is 0 Å². The summed E-state index contributed by atoms with van der Waals surface area (Å²) in [5.41, 5.74) is 3.31. The van der Waals surface area contributed by atoms with E-state index < -0.39 is 0 Å². The predicted octanol–water partition coefficient (Wildman–Crippen LogP) is 4.52. The number of anilines is 2. The SMILES string of the molecule is CSc1ccc(CNC(C)CC(=O)Nc2cccc(N3CCCC3)c2)cc1. The maximum absolute atomic E-state index is 12.4. The van der Waals surface area contributed by atoms with Crippen LogP contribution in [0.4, 0.5) is 11.4 Å². The molecule has 1 aliphatic rings. The number of carbonyl (C=O) groups is 1. The Bertz CT molecular complexity index is 741. The van der Waals surface area contributed by atoms with Crippen LogP contribution in [0.25, 0.3) is 0 Å². The average Bonchev–Trinajstić information content (AvgIpc) is 3.22. The molecule has 0 aliphatic carbocycles. The molecule has 1 fully saturated rings. The summed E-state index contributed by atoms with van der Waals surface area (Å²) in [4.78, 5) is 16.0. The summed E-state index contributed by atoms with van der Waals surface area (Å²) in [7, 11) is 0. The molecule has 0 aromatic heterocycles. The van der Waals surface area contributed by atoms with E-state index in [4.69, 9.17) is 0 Å². The molecule has 0 bridgehead atoms. The molecule has 1 aliphatic heterocycles. The fraction of sp³-hybridized carbons (Fsp3) is 0.409. The van der Waals surface area contributed by atoms with Crippen molar-refractivity contribution in [1.82, 2.24) is 5.32 Å². The van der Waals surface area contributed by atoms with Gasteiger partial charge in [0.2, 0.25) is 5.91 Å². The third-order valence-electron chi connectivity index (χ3n) is 4.91. The first-order valence-electron chi connectivity index (χ1n) is 9.65. The van der Waals surface area contributed by atoms with E-state index in [2.05, 4.69) is 65.1 Å². The Labute approximate surface area is 166 Å². The number of nitrogens with zero attached hydrogens (tertiary/aromatic N) is 1. The van der Waals surface area contributed by atoms with Gasteiger partial charge in [-0.3, -0.25) is 4.79 Å². The number of benzene rings is 2. The van der Waals surface area contributed by atoms with Crippen molar-refractivity contribution in [1.29, 1.82) is 0 Å². The Morgan fingerprint density at radius 2 is 1.89 bits per heavy atom. The Hall–Kier alpha value is -1.98. The van der Waals surface area contributed by atoms with Crippen molar-refractivity contribution in [3.63, 3.8) is 0 Å². The van der Waals surface area contributed by atoms with Crippen molar-refractivity contribution >= 4 is 29.0 Å². The molecule has 2 aromatic rings. The van der Waals surface area contributed by atoms with E-state index in [1.54, 1.807) is 11.8 Å². The van der Waals surface area contributed by atoms with E-state index in [9.17, 15) is 4.79 Å². The van der Waals surface area contributed by atoms with Gasteiger partial charge in [0, 0.05) is 48.4 Å². The molecule has 1 unspecified atom stereocenters. The van der Waals surface area contributed by atoms with Gasteiger partial charge in [-0.2, -0.15) is 0 Å². The van der Waals surface area contributed by atoms with Gasteiger partial charge < -0.3 is 15.5 Å². The topological polar surface area (TPSA) is 44.4 Å². The molecule has 0 saturated carbocycles. The normalized spacial score (nSPS) is 15.0. The molecule has 0 radical (unpaired) electrons. The van der Waals surface area contributed by atoms with Gasteiger partial charge in [-0.1, -0.05) is 18.2 Å². The molecular formula is C22H29N3OS. The maximum atomic E-state index is 12.4. The van der Waals surface area contributed by atoms with E-state index in [0.29, 0.717) is 6.42 Å². The molecule has 5 heteroatoms. The largest absolute Gasteiger partial charge is 0.371 e. The Kier molecular flexibility index (Phi) is 7.18. The summed E-state index contributed by atoms with van der Waals surface area (Å²) in [6.07, 6.45) is 5.03. The van der Waals surface area contributed by atoms with Gasteiger partial charge in [0.25, 0.3) is 0 Å². The van der Waals surface area contributed by atoms with E-state index in [0.717, 1.165) is 25.3 Å². The summed E-state index contributed by atoms with van der Waals surface area (Å²) in [6, 6.07) is 16.8. The van der Waals surface area contributed by atoms with Crippen LogP contribution in [0, 0.1) is 0 Å². The molecule has 1 amide bonds. The molecule has 2 aromatic carbocycles. The van der Waals surface area contributed by atoms with Gasteiger partial charge in [-0.05, 0) is 61.9 Å². The molecule has 27 heavy (non-hydrogen) atoms. The van der Waals surface area contributed by atoms with Gasteiger partial charge in [0.05, 0.1) is 0 Å². The van der Waals surface area contributed by atoms with Crippen LogP contribution in [0.5, 0.6) is 0 Å². The predicted molar refractivity (Wildman–Crippen MR) is 116 cm³/mol. The summed E-state index contributed by atoms with van der Waals surface area (Å²) < 4.78 is 0. The first-order valence-corrected chi connectivity index (χ1v) is 10.9. The zero-order valence-electron chi connectivity index (χ0n) is 16.2. The minimum absolute atomic E-state index is 0.0475. The van der Waals surface area contributed by atoms with E-state index in [-0.39, 0.29) is 11.9 Å². The van der Waals surface area contributed by atoms with Crippen molar-refractivity contribution in [3.05, 3.63) is 54.1 Å². The fourth-order valence-electron chi connectivity index (χ4n) is 3.35. The number of rotatable bonds is 8. The number of carbonyl (C=O) groups excluding carboxylic acids is 1. The minimum atomic E-state index is 0.0475. The Morgan fingerprint density at radius 3 is 2.59 bits per heavy atom. The molecule has 4 nitrogen and oxygen atoms in total. The van der Waals surface area contributed by atoms with Gasteiger partial charge >= 0.3 is 0 Å². The second-order valence-corrected chi connectivity index (χ2v) is 8.01. The summed E-state index contributed by atoms with van der Waals surface area (Å²) >= 11 is 1.74. The molecule has 1 atom stereocenters. The number of nitrogens with one attached hydrogen (secondary N) is 2. The highest BCUT2D eigenvalue weighted by Crippen LogP contribution is 2.23. The second kappa shape index (κ2) is 9.81. The van der Waals surface area contributed by atoms with Gasteiger partial charge in [0.1, 0.15) is 0 Å². The van der Waals surface area contributed by atoms with Crippen molar-refractivity contribution in [2.45, 2.75) is 43.7 Å². The van der Waals surface area contributed by atoms with Crippen molar-refractivity contribution in [3.8, 4) is 0 Å². The van der Waals surface area contributed by atoms with Gasteiger partial charge in [-0.15, -0.1) is 11.8 Å². The van der Waals surface area contributed by atoms with Crippen LogP contribution >= 0.6 is 11.8 Å². The third kappa shape index (κ3) is 6.01. The van der Waals surface area contributed by atoms with Gasteiger partial charge in [-0.25, -0.2) is 0 Å². The van der Waals surface area contributed by atoms with Crippen LogP contribution in [-0.2, 0) is 11.3 Å². The lowest BCUT2D eigenvalue weighted by molar-refractivity contribution is -0.116. The highest BCUT2D eigenvalue weighted by Gasteiger charge is 2.13. The van der Waals surface area contributed by atoms with E-state index >= 15 is 0 Å². The highest BCUT2D eigenvalue weighted by molar-refractivity contribution is 7.98. The quantitative estimate of drug-likeness (QED) is 0.658. The van der Waals surface area contributed by atoms with E-state index in [1.165, 1.54) is 29.0 Å². The zero-order chi connectivity index (χ0) is 19.1. The molecule has 3 rings (SSSR count). The van der Waals surface area contributed by atoms with Crippen LogP contribution in [0.3, 0.4) is 0 Å². The van der Waals surface area contributed by atoms with Gasteiger partial charge in [0.15, 0.2) is 0 Å². The molecule has 1 heterocycles. The van der Waals surface area contributed by atoms with Crippen molar-refractivity contribution < 1.29 is 4.79 Å². The lowest BCUT2D eigenvalue weighted by Crippen LogP contribution is -2.30. The van der Waals surface area contributed by atoms with Crippen LogP contribution < -0.4 is 15.5 Å².